The molecule has 0 aliphatic carbocycles. The van der Waals surface area contributed by atoms with Crippen molar-refractivity contribution in [1.29, 1.82) is 0 Å². The van der Waals surface area contributed by atoms with E-state index < -0.39 is 6.29 Å². The minimum Gasteiger partial charge on any atom is -0.348 e. The zero-order valence-corrected chi connectivity index (χ0v) is 14.8. The first-order chi connectivity index (χ1) is 11.5. The van der Waals surface area contributed by atoms with Gasteiger partial charge in [0.2, 0.25) is 6.29 Å². The van der Waals surface area contributed by atoms with Crippen molar-refractivity contribution in [1.82, 2.24) is 9.80 Å². The third-order valence-electron chi connectivity index (χ3n) is 4.33. The molecule has 1 aromatic rings. The number of methoxy groups -OCH3 is 2. The molecule has 1 fully saturated rings. The van der Waals surface area contributed by atoms with E-state index in [1.807, 2.05) is 24.3 Å². The van der Waals surface area contributed by atoms with E-state index in [2.05, 4.69) is 13.8 Å². The van der Waals surface area contributed by atoms with Crippen LogP contribution in [0.1, 0.15) is 35.7 Å². The molecule has 0 bridgehead atoms. The van der Waals surface area contributed by atoms with Gasteiger partial charge in [0.15, 0.2) is 0 Å². The summed E-state index contributed by atoms with van der Waals surface area (Å²) in [6.07, 6.45) is -0.879. The zero-order valence-electron chi connectivity index (χ0n) is 14.8. The third-order valence-corrected chi connectivity index (χ3v) is 4.33. The van der Waals surface area contributed by atoms with Crippen molar-refractivity contribution in [2.45, 2.75) is 26.1 Å². The van der Waals surface area contributed by atoms with E-state index in [-0.39, 0.29) is 11.8 Å². The number of amides is 2. The molecule has 6 heteroatoms. The lowest BCUT2D eigenvalue weighted by atomic mass is 10.0. The Hall–Kier alpha value is -1.92. The van der Waals surface area contributed by atoms with Crippen LogP contribution in [0, 0.1) is 0 Å². The summed E-state index contributed by atoms with van der Waals surface area (Å²) in [6.45, 7) is 6.24. The first-order valence-corrected chi connectivity index (χ1v) is 8.21. The smallest absolute Gasteiger partial charge is 0.279 e. The quantitative estimate of drug-likeness (QED) is 0.769. The predicted octanol–water partition coefficient (Wildman–Crippen LogP) is 1.71. The van der Waals surface area contributed by atoms with Crippen LogP contribution in [-0.4, -0.2) is 68.3 Å². The molecule has 2 amide bonds. The molecule has 0 radical (unpaired) electrons. The van der Waals surface area contributed by atoms with E-state index in [4.69, 9.17) is 9.47 Å². The predicted molar refractivity (Wildman–Crippen MR) is 90.8 cm³/mol. The first-order valence-electron chi connectivity index (χ1n) is 8.21. The van der Waals surface area contributed by atoms with Gasteiger partial charge in [-0.2, -0.15) is 0 Å². The van der Waals surface area contributed by atoms with Crippen LogP contribution in [0.25, 0.3) is 0 Å². The molecule has 1 aliphatic rings. The SMILES string of the molecule is COC(OC)C(=O)N1CCN(C(=O)c2ccc(C(C)C)cc2)CC1. The maximum absolute atomic E-state index is 12.6. The zero-order chi connectivity index (χ0) is 17.7. The third kappa shape index (κ3) is 4.13. The second-order valence-corrected chi connectivity index (χ2v) is 6.20. The van der Waals surface area contributed by atoms with Gasteiger partial charge in [-0.05, 0) is 23.6 Å². The Labute approximate surface area is 143 Å². The fourth-order valence-electron chi connectivity index (χ4n) is 2.77. The van der Waals surface area contributed by atoms with Crippen LogP contribution in [0.15, 0.2) is 24.3 Å². The highest BCUT2D eigenvalue weighted by Crippen LogP contribution is 2.16. The lowest BCUT2D eigenvalue weighted by Crippen LogP contribution is -2.53. The summed E-state index contributed by atoms with van der Waals surface area (Å²) in [5.41, 5.74) is 1.90. The molecular weight excluding hydrogens is 308 g/mol. The molecule has 0 aromatic heterocycles. The van der Waals surface area contributed by atoms with Crippen LogP contribution in [0.4, 0.5) is 0 Å². The Morgan fingerprint density at radius 1 is 0.917 bits per heavy atom. The van der Waals surface area contributed by atoms with Crippen molar-refractivity contribution in [2.24, 2.45) is 0 Å². The highest BCUT2D eigenvalue weighted by Gasteiger charge is 2.29. The van der Waals surface area contributed by atoms with Crippen LogP contribution < -0.4 is 0 Å². The highest BCUT2D eigenvalue weighted by molar-refractivity contribution is 5.94. The molecule has 6 nitrogen and oxygen atoms in total. The van der Waals surface area contributed by atoms with Gasteiger partial charge in [-0.1, -0.05) is 26.0 Å². The van der Waals surface area contributed by atoms with Gasteiger partial charge in [-0.3, -0.25) is 9.59 Å². The number of nitrogens with zero attached hydrogens (tertiary/aromatic N) is 2. The fraction of sp³-hybridized carbons (Fsp3) is 0.556. The van der Waals surface area contributed by atoms with Crippen LogP contribution in [0.2, 0.25) is 0 Å². The summed E-state index contributed by atoms with van der Waals surface area (Å²) in [5, 5.41) is 0. The average molecular weight is 334 g/mol. The molecule has 1 saturated heterocycles. The molecule has 0 N–H and O–H groups in total. The van der Waals surface area contributed by atoms with E-state index in [0.29, 0.717) is 37.7 Å². The summed E-state index contributed by atoms with van der Waals surface area (Å²) >= 11 is 0. The normalized spacial score (nSPS) is 15.2. The Bertz CT molecular complexity index is 559. The van der Waals surface area contributed by atoms with Crippen molar-refractivity contribution in [3.63, 3.8) is 0 Å². The molecule has 132 valence electrons. The summed E-state index contributed by atoms with van der Waals surface area (Å²) < 4.78 is 9.99. The maximum Gasteiger partial charge on any atom is 0.279 e. The van der Waals surface area contributed by atoms with Crippen LogP contribution in [-0.2, 0) is 14.3 Å². The molecule has 1 aliphatic heterocycles. The first kappa shape index (κ1) is 18.4. The van der Waals surface area contributed by atoms with Crippen molar-refractivity contribution in [3.05, 3.63) is 35.4 Å². The number of rotatable bonds is 5. The molecule has 0 saturated carbocycles. The van der Waals surface area contributed by atoms with E-state index in [1.165, 1.54) is 19.8 Å². The topological polar surface area (TPSA) is 59.1 Å². The van der Waals surface area contributed by atoms with Gasteiger partial charge in [0, 0.05) is 46.0 Å². The fourth-order valence-corrected chi connectivity index (χ4v) is 2.77. The van der Waals surface area contributed by atoms with Gasteiger partial charge in [-0.25, -0.2) is 0 Å². The Kier molecular flexibility index (Phi) is 6.34. The lowest BCUT2D eigenvalue weighted by molar-refractivity contribution is -0.171. The number of hydrogen-bond donors (Lipinski definition) is 0. The summed E-state index contributed by atoms with van der Waals surface area (Å²) in [4.78, 5) is 28.2. The maximum atomic E-state index is 12.6. The van der Waals surface area contributed by atoms with Crippen LogP contribution in [0.5, 0.6) is 0 Å². The Morgan fingerprint density at radius 2 is 1.42 bits per heavy atom. The minimum absolute atomic E-state index is 0.00689. The van der Waals surface area contributed by atoms with Crippen molar-refractivity contribution < 1.29 is 19.1 Å². The molecule has 2 rings (SSSR count). The molecular formula is C18H26N2O4. The Morgan fingerprint density at radius 3 is 1.88 bits per heavy atom. The van der Waals surface area contributed by atoms with Crippen LogP contribution >= 0.6 is 0 Å². The number of carbonyl (C=O) groups is 2. The Balaban J connectivity index is 1.94. The van der Waals surface area contributed by atoms with Crippen molar-refractivity contribution >= 4 is 11.8 Å². The van der Waals surface area contributed by atoms with E-state index in [9.17, 15) is 9.59 Å². The van der Waals surface area contributed by atoms with E-state index in [0.717, 1.165) is 0 Å². The lowest BCUT2D eigenvalue weighted by Gasteiger charge is -2.35. The number of carbonyl (C=O) groups excluding carboxylic acids is 2. The van der Waals surface area contributed by atoms with Gasteiger partial charge in [0.05, 0.1) is 0 Å². The summed E-state index contributed by atoms with van der Waals surface area (Å²) in [6, 6.07) is 7.75. The number of hydrogen-bond acceptors (Lipinski definition) is 4. The second-order valence-electron chi connectivity index (χ2n) is 6.20. The van der Waals surface area contributed by atoms with E-state index in [1.54, 1.807) is 9.80 Å². The molecule has 1 heterocycles. The molecule has 0 spiro atoms. The van der Waals surface area contributed by atoms with Gasteiger partial charge >= 0.3 is 0 Å². The number of piperazine rings is 1. The number of benzene rings is 1. The summed E-state index contributed by atoms with van der Waals surface area (Å²) in [5.74, 6) is 0.249. The van der Waals surface area contributed by atoms with Crippen molar-refractivity contribution in [2.75, 3.05) is 40.4 Å². The van der Waals surface area contributed by atoms with Gasteiger partial charge in [-0.15, -0.1) is 0 Å². The molecule has 1 aromatic carbocycles. The standard InChI is InChI=1S/C18H26N2O4/c1-13(2)14-5-7-15(8-6-14)16(21)19-9-11-20(12-10-19)17(22)18(23-3)24-4/h5-8,13,18H,9-12H2,1-4H3. The highest BCUT2D eigenvalue weighted by atomic mass is 16.7. The van der Waals surface area contributed by atoms with E-state index >= 15 is 0 Å². The monoisotopic (exact) mass is 334 g/mol. The van der Waals surface area contributed by atoms with Gasteiger partial charge in [0.25, 0.3) is 11.8 Å². The molecule has 24 heavy (non-hydrogen) atoms. The number of ether oxygens (including phenoxy) is 2. The van der Waals surface area contributed by atoms with Gasteiger partial charge < -0.3 is 19.3 Å². The minimum atomic E-state index is -0.879. The summed E-state index contributed by atoms with van der Waals surface area (Å²) in [7, 11) is 2.87. The van der Waals surface area contributed by atoms with Gasteiger partial charge in [0.1, 0.15) is 0 Å². The second kappa shape index (κ2) is 8.26. The average Bonchev–Trinajstić information content (AvgIpc) is 2.62. The van der Waals surface area contributed by atoms with Crippen LogP contribution in [0.3, 0.4) is 0 Å². The molecule has 0 atom stereocenters. The molecule has 0 unspecified atom stereocenters. The largest absolute Gasteiger partial charge is 0.348 e. The van der Waals surface area contributed by atoms with Crippen molar-refractivity contribution in [3.8, 4) is 0 Å².